The quantitative estimate of drug-likeness (QED) is 0.0985. The number of methoxy groups -OCH3 is 1. The van der Waals surface area contributed by atoms with Crippen LogP contribution < -0.4 is 10.2 Å². The lowest BCUT2D eigenvalue weighted by atomic mass is 10.0. The van der Waals surface area contributed by atoms with E-state index in [4.69, 9.17) is 19.5 Å². The van der Waals surface area contributed by atoms with E-state index < -0.39 is 22.0 Å². The Balaban J connectivity index is 2.47. The largest absolute Gasteiger partial charge is 0.497 e. The maximum atomic E-state index is 13.9. The molecule has 0 saturated carbocycles. The smallest absolute Gasteiger partial charge is 0.179 e. The highest BCUT2D eigenvalue weighted by Crippen LogP contribution is 2.29. The molecule has 8 nitrogen and oxygen atoms in total. The Labute approximate surface area is 227 Å². The van der Waals surface area contributed by atoms with Crippen molar-refractivity contribution in [3.8, 4) is 5.75 Å². The minimum absolute atomic E-state index is 0.162. The van der Waals surface area contributed by atoms with Crippen LogP contribution in [0.25, 0.3) is 0 Å². The highest BCUT2D eigenvalue weighted by Gasteiger charge is 2.32. The van der Waals surface area contributed by atoms with Crippen molar-refractivity contribution < 1.29 is 32.9 Å². The summed E-state index contributed by atoms with van der Waals surface area (Å²) in [4.78, 5) is 4.26. The summed E-state index contributed by atoms with van der Waals surface area (Å²) >= 11 is 0. The fraction of sp³-hybridized carbons (Fsp3) is 0.448. The van der Waals surface area contributed by atoms with E-state index >= 15 is 0 Å². The first-order chi connectivity index (χ1) is 18.2. The van der Waals surface area contributed by atoms with Crippen LogP contribution in [0.4, 0.5) is 5.69 Å². The summed E-state index contributed by atoms with van der Waals surface area (Å²) in [5.41, 5.74) is 4.23. The van der Waals surface area contributed by atoms with Crippen LogP contribution in [0.1, 0.15) is 51.2 Å². The molecule has 0 radical (unpaired) electrons. The highest BCUT2D eigenvalue weighted by molar-refractivity contribution is 7.91. The summed E-state index contributed by atoms with van der Waals surface area (Å²) < 4.78 is 45.3. The minimum atomic E-state index is -3.78. The zero-order valence-electron chi connectivity index (χ0n) is 22.8. The molecule has 3 atom stereocenters. The number of benzene rings is 2. The summed E-state index contributed by atoms with van der Waals surface area (Å²) in [7, 11) is -2.19. The molecule has 2 N–H and O–H groups in total. The molecule has 0 bridgehead atoms. The predicted molar refractivity (Wildman–Crippen MR) is 150 cm³/mol. The van der Waals surface area contributed by atoms with Gasteiger partial charge in [0.25, 0.3) is 0 Å². The summed E-state index contributed by atoms with van der Waals surface area (Å²) in [5.74, 6) is 0.125. The lowest BCUT2D eigenvalue weighted by molar-refractivity contribution is -0.215. The Morgan fingerprint density at radius 2 is 1.66 bits per heavy atom. The van der Waals surface area contributed by atoms with E-state index in [1.807, 2.05) is 38.1 Å². The predicted octanol–water partition coefficient (Wildman–Crippen LogP) is 6.19. The van der Waals surface area contributed by atoms with Crippen molar-refractivity contribution in [3.63, 3.8) is 0 Å². The summed E-state index contributed by atoms with van der Waals surface area (Å²) in [6.07, 6.45) is 4.59. The Hall–Kier alpha value is -2.69. The standard InChI is InChI=1S/C29H41NO7S/c1-7-10-11-24(29(35-21(4)8-2)36-22(5)9-3)20-38(32,33)28-17-14-26(30-37-31)19-25(28)18-23-12-15-27(34-6)16-13-23/h8-9,12-17,19,21-22,24,29-31H,2-3,7,10-11,18,20H2,1,4-6H3. The van der Waals surface area contributed by atoms with Crippen LogP contribution in [0, 0.1) is 5.92 Å². The van der Waals surface area contributed by atoms with E-state index in [0.717, 1.165) is 18.4 Å². The summed E-state index contributed by atoms with van der Waals surface area (Å²) in [6, 6.07) is 12.1. The number of rotatable bonds is 18. The fourth-order valence-electron chi connectivity index (χ4n) is 4.02. The summed E-state index contributed by atoms with van der Waals surface area (Å²) in [6.45, 7) is 13.3. The fourth-order valence-corrected chi connectivity index (χ4v) is 5.90. The van der Waals surface area contributed by atoms with E-state index in [0.29, 0.717) is 29.8 Å². The number of sulfone groups is 1. The maximum Gasteiger partial charge on any atom is 0.179 e. The molecule has 0 aliphatic rings. The molecule has 9 heteroatoms. The minimum Gasteiger partial charge on any atom is -0.497 e. The van der Waals surface area contributed by atoms with Gasteiger partial charge in [0, 0.05) is 5.92 Å². The Morgan fingerprint density at radius 3 is 2.18 bits per heavy atom. The molecule has 3 unspecified atom stereocenters. The second-order valence-corrected chi connectivity index (χ2v) is 11.2. The number of unbranched alkanes of at least 4 members (excludes halogenated alkanes) is 1. The molecule has 0 aromatic heterocycles. The van der Waals surface area contributed by atoms with Crippen LogP contribution in [0.5, 0.6) is 5.75 Å². The molecule has 0 aliphatic heterocycles. The van der Waals surface area contributed by atoms with Gasteiger partial charge in [-0.1, -0.05) is 44.1 Å². The molecule has 0 spiro atoms. The van der Waals surface area contributed by atoms with Gasteiger partial charge in [-0.25, -0.2) is 19.2 Å². The van der Waals surface area contributed by atoms with Gasteiger partial charge in [0.15, 0.2) is 16.1 Å². The molecule has 2 rings (SSSR count). The zero-order chi connectivity index (χ0) is 28.1. The van der Waals surface area contributed by atoms with Crippen LogP contribution in [0.2, 0.25) is 0 Å². The first-order valence-electron chi connectivity index (χ1n) is 12.8. The summed E-state index contributed by atoms with van der Waals surface area (Å²) in [5, 5.41) is 8.85. The van der Waals surface area contributed by atoms with Crippen LogP contribution in [0.3, 0.4) is 0 Å². The van der Waals surface area contributed by atoms with E-state index in [1.54, 1.807) is 31.4 Å². The first-order valence-corrected chi connectivity index (χ1v) is 14.4. The molecule has 0 aliphatic carbocycles. The number of ether oxygens (including phenoxy) is 3. The zero-order valence-corrected chi connectivity index (χ0v) is 23.6. The third kappa shape index (κ3) is 9.56. The van der Waals surface area contributed by atoms with E-state index in [-0.39, 0.29) is 22.9 Å². The van der Waals surface area contributed by atoms with Crippen molar-refractivity contribution in [2.75, 3.05) is 18.3 Å². The monoisotopic (exact) mass is 547 g/mol. The van der Waals surface area contributed by atoms with Crippen LogP contribution in [0.15, 0.2) is 72.7 Å². The van der Waals surface area contributed by atoms with Gasteiger partial charge in [-0.15, -0.1) is 18.1 Å². The van der Waals surface area contributed by atoms with Crippen LogP contribution in [-0.2, 0) is 30.7 Å². The molecule has 38 heavy (non-hydrogen) atoms. The third-order valence-electron chi connectivity index (χ3n) is 6.22. The SMILES string of the molecule is C=CC(C)OC(OC(C)C=C)C(CCCC)CS(=O)(=O)c1ccc(NOO)cc1Cc1ccc(OC)cc1. The van der Waals surface area contributed by atoms with Crippen LogP contribution >= 0.6 is 0 Å². The van der Waals surface area contributed by atoms with Gasteiger partial charge < -0.3 is 14.2 Å². The lowest BCUT2D eigenvalue weighted by Crippen LogP contribution is -2.36. The van der Waals surface area contributed by atoms with Crippen molar-refractivity contribution in [1.29, 1.82) is 0 Å². The van der Waals surface area contributed by atoms with Gasteiger partial charge in [-0.05, 0) is 68.1 Å². The topological polar surface area (TPSA) is 103 Å². The normalized spacial score (nSPS) is 14.8. The van der Waals surface area contributed by atoms with E-state index in [1.165, 1.54) is 6.07 Å². The van der Waals surface area contributed by atoms with Crippen LogP contribution in [-0.4, -0.2) is 45.0 Å². The van der Waals surface area contributed by atoms with Gasteiger partial charge in [0.1, 0.15) is 5.75 Å². The second kappa shape index (κ2) is 15.7. The maximum absolute atomic E-state index is 13.9. The lowest BCUT2D eigenvalue weighted by Gasteiger charge is -2.31. The van der Waals surface area contributed by atoms with E-state index in [9.17, 15) is 8.42 Å². The Morgan fingerprint density at radius 1 is 1.03 bits per heavy atom. The molecule has 2 aromatic carbocycles. The molecular formula is C29H41NO7S. The average molecular weight is 548 g/mol. The van der Waals surface area contributed by atoms with Crippen molar-refractivity contribution in [2.45, 2.75) is 69.8 Å². The average Bonchev–Trinajstić information content (AvgIpc) is 2.91. The molecule has 0 fully saturated rings. The molecule has 2 aromatic rings. The molecular weight excluding hydrogens is 506 g/mol. The van der Waals surface area contributed by atoms with Crippen molar-refractivity contribution in [2.24, 2.45) is 5.92 Å². The molecule has 0 heterocycles. The molecule has 0 amide bonds. The highest BCUT2D eigenvalue weighted by atomic mass is 32.2. The van der Waals surface area contributed by atoms with Crippen molar-refractivity contribution in [1.82, 2.24) is 0 Å². The number of hydrogen-bond donors (Lipinski definition) is 2. The third-order valence-corrected chi connectivity index (χ3v) is 8.16. The van der Waals surface area contributed by atoms with Gasteiger partial charge >= 0.3 is 0 Å². The molecule has 210 valence electrons. The van der Waals surface area contributed by atoms with Gasteiger partial charge in [-0.3, -0.25) is 0 Å². The first kappa shape index (κ1) is 31.5. The number of nitrogens with one attached hydrogen (secondary N) is 1. The van der Waals surface area contributed by atoms with Crippen molar-refractivity contribution in [3.05, 3.63) is 78.9 Å². The Bertz CT molecular complexity index is 1100. The van der Waals surface area contributed by atoms with Gasteiger partial charge in [0.05, 0.1) is 35.7 Å². The Kier molecular flexibility index (Phi) is 13.0. The van der Waals surface area contributed by atoms with Gasteiger partial charge in [-0.2, -0.15) is 0 Å². The number of hydrogen-bond acceptors (Lipinski definition) is 8. The molecule has 0 saturated heterocycles. The van der Waals surface area contributed by atoms with Gasteiger partial charge in [0.2, 0.25) is 0 Å². The second-order valence-electron chi connectivity index (χ2n) is 9.25. The van der Waals surface area contributed by atoms with Crippen molar-refractivity contribution >= 4 is 15.5 Å². The number of anilines is 1. The van der Waals surface area contributed by atoms with E-state index in [2.05, 4.69) is 30.6 Å².